The zero-order valence-corrected chi connectivity index (χ0v) is 9.74. The Kier molecular flexibility index (Phi) is 3.39. The van der Waals surface area contributed by atoms with Gasteiger partial charge in [-0.05, 0) is 23.7 Å². The van der Waals surface area contributed by atoms with Gasteiger partial charge in [-0.3, -0.25) is 0 Å². The Hall–Kier alpha value is -0.0400. The first-order chi connectivity index (χ1) is 5.91. The quantitative estimate of drug-likeness (QED) is 0.708. The third-order valence-electron chi connectivity index (χ3n) is 3.02. The number of hydrogen-bond acceptors (Lipinski definition) is 1. The standard InChI is InChI=1S/C12H25N/c1-11(2,3)9-13-10-12(4)7-5-6-8-12/h13H,5-10H2,1-4H3. The Morgan fingerprint density at radius 1 is 1.15 bits per heavy atom. The van der Waals surface area contributed by atoms with Crippen LogP contribution in [0.3, 0.4) is 0 Å². The monoisotopic (exact) mass is 183 g/mol. The molecule has 0 saturated heterocycles. The summed E-state index contributed by atoms with van der Waals surface area (Å²) in [5.74, 6) is 0. The van der Waals surface area contributed by atoms with Crippen LogP contribution in [-0.4, -0.2) is 13.1 Å². The van der Waals surface area contributed by atoms with Gasteiger partial charge in [-0.25, -0.2) is 0 Å². The van der Waals surface area contributed by atoms with E-state index in [2.05, 4.69) is 33.0 Å². The van der Waals surface area contributed by atoms with Crippen molar-refractivity contribution in [2.75, 3.05) is 13.1 Å². The molecule has 0 aliphatic heterocycles. The van der Waals surface area contributed by atoms with Crippen molar-refractivity contribution in [2.45, 2.75) is 53.4 Å². The molecule has 0 aromatic rings. The van der Waals surface area contributed by atoms with Crippen molar-refractivity contribution < 1.29 is 0 Å². The summed E-state index contributed by atoms with van der Waals surface area (Å²) in [7, 11) is 0. The van der Waals surface area contributed by atoms with Gasteiger partial charge >= 0.3 is 0 Å². The fourth-order valence-corrected chi connectivity index (χ4v) is 2.14. The average molecular weight is 183 g/mol. The van der Waals surface area contributed by atoms with E-state index in [9.17, 15) is 0 Å². The second-order valence-corrected chi connectivity index (χ2v) is 6.18. The molecule has 0 amide bonds. The highest BCUT2D eigenvalue weighted by Crippen LogP contribution is 2.36. The first-order valence-electron chi connectivity index (χ1n) is 5.62. The van der Waals surface area contributed by atoms with Crippen molar-refractivity contribution in [3.8, 4) is 0 Å². The lowest BCUT2D eigenvalue weighted by molar-refractivity contribution is 0.285. The lowest BCUT2D eigenvalue weighted by Crippen LogP contribution is -2.35. The van der Waals surface area contributed by atoms with E-state index in [0.717, 1.165) is 6.54 Å². The van der Waals surface area contributed by atoms with Crippen LogP contribution < -0.4 is 5.32 Å². The van der Waals surface area contributed by atoms with Gasteiger partial charge in [-0.1, -0.05) is 40.5 Å². The second kappa shape index (κ2) is 4.00. The van der Waals surface area contributed by atoms with Crippen LogP contribution in [0.1, 0.15) is 53.4 Å². The largest absolute Gasteiger partial charge is 0.316 e. The Bertz CT molecular complexity index is 149. The highest BCUT2D eigenvalue weighted by atomic mass is 14.9. The Labute approximate surface area is 83.3 Å². The van der Waals surface area contributed by atoms with Gasteiger partial charge in [0.1, 0.15) is 0 Å². The summed E-state index contributed by atoms with van der Waals surface area (Å²) >= 11 is 0. The third kappa shape index (κ3) is 4.12. The summed E-state index contributed by atoms with van der Waals surface area (Å²) in [6.07, 6.45) is 5.72. The normalized spacial score (nSPS) is 22.2. The second-order valence-electron chi connectivity index (χ2n) is 6.18. The maximum Gasteiger partial charge on any atom is 0.000539 e. The molecule has 0 aromatic carbocycles. The number of hydrogen-bond donors (Lipinski definition) is 1. The molecule has 1 aliphatic rings. The van der Waals surface area contributed by atoms with Gasteiger partial charge in [0.15, 0.2) is 0 Å². The Morgan fingerprint density at radius 2 is 1.69 bits per heavy atom. The molecule has 1 nitrogen and oxygen atoms in total. The third-order valence-corrected chi connectivity index (χ3v) is 3.02. The van der Waals surface area contributed by atoms with Crippen molar-refractivity contribution >= 4 is 0 Å². The highest BCUT2D eigenvalue weighted by Gasteiger charge is 2.28. The van der Waals surface area contributed by atoms with Crippen molar-refractivity contribution in [2.24, 2.45) is 10.8 Å². The molecule has 1 saturated carbocycles. The van der Waals surface area contributed by atoms with Gasteiger partial charge in [0.05, 0.1) is 0 Å². The Balaban J connectivity index is 2.18. The number of nitrogens with one attached hydrogen (secondary N) is 1. The van der Waals surface area contributed by atoms with Gasteiger partial charge in [-0.15, -0.1) is 0 Å². The van der Waals surface area contributed by atoms with E-state index < -0.39 is 0 Å². The van der Waals surface area contributed by atoms with Crippen molar-refractivity contribution in [1.82, 2.24) is 5.32 Å². The fraction of sp³-hybridized carbons (Fsp3) is 1.00. The predicted molar refractivity (Wildman–Crippen MR) is 58.9 cm³/mol. The molecular formula is C12H25N. The molecule has 1 rings (SSSR count). The maximum atomic E-state index is 3.61. The smallest absolute Gasteiger partial charge is 0.000539 e. The van der Waals surface area contributed by atoms with Crippen LogP contribution in [0.25, 0.3) is 0 Å². The molecule has 1 fully saturated rings. The molecule has 0 unspecified atom stereocenters. The van der Waals surface area contributed by atoms with E-state index in [0.29, 0.717) is 10.8 Å². The average Bonchev–Trinajstić information content (AvgIpc) is 2.33. The van der Waals surface area contributed by atoms with Crippen LogP contribution in [0.4, 0.5) is 0 Å². The van der Waals surface area contributed by atoms with E-state index in [1.165, 1.54) is 32.2 Å². The van der Waals surface area contributed by atoms with Gasteiger partial charge in [0.25, 0.3) is 0 Å². The minimum atomic E-state index is 0.426. The SMILES string of the molecule is CC(C)(C)CNCC1(C)CCCC1. The van der Waals surface area contributed by atoms with Gasteiger partial charge in [0, 0.05) is 13.1 Å². The van der Waals surface area contributed by atoms with Gasteiger partial charge in [-0.2, -0.15) is 0 Å². The first kappa shape index (κ1) is 11.0. The van der Waals surface area contributed by atoms with Crippen LogP contribution in [0.2, 0.25) is 0 Å². The lowest BCUT2D eigenvalue weighted by atomic mass is 9.88. The lowest BCUT2D eigenvalue weighted by Gasteiger charge is -2.27. The highest BCUT2D eigenvalue weighted by molar-refractivity contribution is 4.82. The van der Waals surface area contributed by atoms with E-state index in [1.54, 1.807) is 0 Å². The molecule has 0 bridgehead atoms. The molecule has 78 valence electrons. The molecule has 13 heavy (non-hydrogen) atoms. The zero-order valence-electron chi connectivity index (χ0n) is 9.74. The van der Waals surface area contributed by atoms with Crippen LogP contribution >= 0.6 is 0 Å². The van der Waals surface area contributed by atoms with Crippen LogP contribution in [-0.2, 0) is 0 Å². The van der Waals surface area contributed by atoms with Gasteiger partial charge in [0.2, 0.25) is 0 Å². The zero-order chi connectivity index (χ0) is 9.95. The summed E-state index contributed by atoms with van der Waals surface area (Å²) in [6.45, 7) is 11.6. The van der Waals surface area contributed by atoms with E-state index in [-0.39, 0.29) is 0 Å². The summed E-state index contributed by atoms with van der Waals surface area (Å²) in [6, 6.07) is 0. The molecule has 1 aliphatic carbocycles. The molecule has 0 aromatic heterocycles. The minimum Gasteiger partial charge on any atom is -0.316 e. The molecular weight excluding hydrogens is 158 g/mol. The van der Waals surface area contributed by atoms with Gasteiger partial charge < -0.3 is 5.32 Å². The Morgan fingerprint density at radius 3 is 2.15 bits per heavy atom. The minimum absolute atomic E-state index is 0.426. The van der Waals surface area contributed by atoms with Crippen LogP contribution in [0, 0.1) is 10.8 Å². The molecule has 0 atom stereocenters. The van der Waals surface area contributed by atoms with Crippen molar-refractivity contribution in [3.05, 3.63) is 0 Å². The predicted octanol–water partition coefficient (Wildman–Crippen LogP) is 3.20. The van der Waals surface area contributed by atoms with E-state index in [4.69, 9.17) is 0 Å². The topological polar surface area (TPSA) is 12.0 Å². The van der Waals surface area contributed by atoms with Crippen LogP contribution in [0.5, 0.6) is 0 Å². The first-order valence-corrected chi connectivity index (χ1v) is 5.62. The number of rotatable bonds is 3. The van der Waals surface area contributed by atoms with E-state index >= 15 is 0 Å². The van der Waals surface area contributed by atoms with Crippen molar-refractivity contribution in [3.63, 3.8) is 0 Å². The van der Waals surface area contributed by atoms with Crippen molar-refractivity contribution in [1.29, 1.82) is 0 Å². The van der Waals surface area contributed by atoms with E-state index in [1.807, 2.05) is 0 Å². The summed E-state index contributed by atoms with van der Waals surface area (Å²) in [5, 5.41) is 3.61. The molecule has 1 heteroatoms. The molecule has 1 N–H and O–H groups in total. The fourth-order valence-electron chi connectivity index (χ4n) is 2.14. The summed E-state index contributed by atoms with van der Waals surface area (Å²) in [4.78, 5) is 0. The molecule has 0 heterocycles. The summed E-state index contributed by atoms with van der Waals surface area (Å²) in [5.41, 5.74) is 1.03. The maximum absolute atomic E-state index is 3.61. The van der Waals surface area contributed by atoms with Crippen LogP contribution in [0.15, 0.2) is 0 Å². The molecule has 0 spiro atoms. The molecule has 0 radical (unpaired) electrons. The summed E-state index contributed by atoms with van der Waals surface area (Å²) < 4.78 is 0.